The van der Waals surface area contributed by atoms with Gasteiger partial charge in [-0.05, 0) is 43.2 Å². The quantitative estimate of drug-likeness (QED) is 0.877. The third kappa shape index (κ3) is 2.98. The lowest BCUT2D eigenvalue weighted by Gasteiger charge is -2.17. The molecule has 0 bridgehead atoms. The molecule has 1 N–H and O–H groups in total. The predicted molar refractivity (Wildman–Crippen MR) is 72.5 cm³/mol. The number of halogens is 1. The van der Waals surface area contributed by atoms with Gasteiger partial charge in [-0.25, -0.2) is 0 Å². The number of benzene rings is 1. The number of nitrogens with zero attached hydrogens (tertiary/aromatic N) is 1. The number of anilines is 1. The average Bonchev–Trinajstić information content (AvgIpc) is 2.32. The summed E-state index contributed by atoms with van der Waals surface area (Å²) in [5, 5.41) is 4.22. The summed E-state index contributed by atoms with van der Waals surface area (Å²) in [4.78, 5) is 4.08. The van der Waals surface area contributed by atoms with Crippen LogP contribution >= 0.6 is 11.6 Å². The molecule has 1 unspecified atom stereocenters. The minimum Gasteiger partial charge on any atom is -0.378 e. The highest BCUT2D eigenvalue weighted by Gasteiger charge is 2.06. The number of hydrogen-bond acceptors (Lipinski definition) is 2. The molecule has 3 heteroatoms. The van der Waals surface area contributed by atoms with Gasteiger partial charge in [0.05, 0.1) is 0 Å². The standard InChI is InChI=1S/C14H15ClN2/c1-10-9-16-7-6-14(10)17-11(2)12-4-3-5-13(15)8-12/h3-9,11H,1-2H3,(H,16,17). The molecule has 2 aromatic rings. The topological polar surface area (TPSA) is 24.9 Å². The van der Waals surface area contributed by atoms with E-state index in [4.69, 9.17) is 11.6 Å². The van der Waals surface area contributed by atoms with E-state index in [-0.39, 0.29) is 6.04 Å². The molecule has 1 heterocycles. The number of aromatic nitrogens is 1. The van der Waals surface area contributed by atoms with Gasteiger partial charge in [-0.15, -0.1) is 0 Å². The molecule has 0 amide bonds. The van der Waals surface area contributed by atoms with Gasteiger partial charge in [-0.2, -0.15) is 0 Å². The van der Waals surface area contributed by atoms with Gasteiger partial charge in [-0.1, -0.05) is 23.7 Å². The Balaban J connectivity index is 2.17. The summed E-state index contributed by atoms with van der Waals surface area (Å²) in [5.41, 5.74) is 3.42. The van der Waals surface area contributed by atoms with Crippen LogP contribution in [0.3, 0.4) is 0 Å². The van der Waals surface area contributed by atoms with E-state index in [0.29, 0.717) is 0 Å². The molecule has 0 saturated heterocycles. The van der Waals surface area contributed by atoms with Crippen molar-refractivity contribution in [1.82, 2.24) is 4.98 Å². The third-order valence-corrected chi connectivity index (χ3v) is 2.98. The van der Waals surface area contributed by atoms with E-state index in [1.54, 1.807) is 6.20 Å². The zero-order valence-corrected chi connectivity index (χ0v) is 10.7. The van der Waals surface area contributed by atoms with Gasteiger partial charge in [0.1, 0.15) is 0 Å². The first-order valence-corrected chi connectivity index (χ1v) is 5.97. The molecule has 0 aliphatic carbocycles. The maximum Gasteiger partial charge on any atom is 0.0486 e. The summed E-state index contributed by atoms with van der Waals surface area (Å²) in [7, 11) is 0. The highest BCUT2D eigenvalue weighted by atomic mass is 35.5. The van der Waals surface area contributed by atoms with Gasteiger partial charge in [0, 0.05) is 29.1 Å². The second kappa shape index (κ2) is 5.19. The Morgan fingerprint density at radius 2 is 2.12 bits per heavy atom. The van der Waals surface area contributed by atoms with Crippen molar-refractivity contribution in [1.29, 1.82) is 0 Å². The van der Waals surface area contributed by atoms with Gasteiger partial charge in [0.15, 0.2) is 0 Å². The lowest BCUT2D eigenvalue weighted by Crippen LogP contribution is -2.07. The lowest BCUT2D eigenvalue weighted by molar-refractivity contribution is 0.881. The van der Waals surface area contributed by atoms with Crippen LogP contribution < -0.4 is 5.32 Å². The molecule has 0 saturated carbocycles. The summed E-state index contributed by atoms with van der Waals surface area (Å²) in [5.74, 6) is 0. The van der Waals surface area contributed by atoms with Crippen LogP contribution in [0.15, 0.2) is 42.7 Å². The van der Waals surface area contributed by atoms with E-state index >= 15 is 0 Å². The Labute approximate surface area is 107 Å². The Kier molecular flexibility index (Phi) is 3.64. The molecule has 0 spiro atoms. The molecule has 2 nitrogen and oxygen atoms in total. The Bertz CT molecular complexity index is 511. The highest BCUT2D eigenvalue weighted by molar-refractivity contribution is 6.30. The van der Waals surface area contributed by atoms with Crippen LogP contribution in [0.25, 0.3) is 0 Å². The van der Waals surface area contributed by atoms with Gasteiger partial charge < -0.3 is 5.32 Å². The van der Waals surface area contributed by atoms with E-state index in [2.05, 4.69) is 23.3 Å². The molecular weight excluding hydrogens is 232 g/mol. The summed E-state index contributed by atoms with van der Waals surface area (Å²) >= 11 is 5.99. The van der Waals surface area contributed by atoms with Crippen LogP contribution in [0.2, 0.25) is 5.02 Å². The molecule has 0 fully saturated rings. The summed E-state index contributed by atoms with van der Waals surface area (Å²) in [6, 6.07) is 10.1. The van der Waals surface area contributed by atoms with Crippen molar-refractivity contribution in [3.8, 4) is 0 Å². The van der Waals surface area contributed by atoms with Crippen LogP contribution in [-0.4, -0.2) is 4.98 Å². The van der Waals surface area contributed by atoms with Gasteiger partial charge in [-0.3, -0.25) is 4.98 Å². The van der Waals surface area contributed by atoms with Crippen molar-refractivity contribution in [2.75, 3.05) is 5.32 Å². The van der Waals surface area contributed by atoms with Crippen LogP contribution in [0.5, 0.6) is 0 Å². The summed E-state index contributed by atoms with van der Waals surface area (Å²) < 4.78 is 0. The molecular formula is C14H15ClN2. The molecule has 88 valence electrons. The maximum atomic E-state index is 5.99. The highest BCUT2D eigenvalue weighted by Crippen LogP contribution is 2.23. The van der Waals surface area contributed by atoms with E-state index in [0.717, 1.165) is 16.3 Å². The number of hydrogen-bond donors (Lipinski definition) is 1. The minimum atomic E-state index is 0.217. The molecule has 1 aromatic carbocycles. The first-order chi connectivity index (χ1) is 8.16. The molecule has 0 aliphatic rings. The molecule has 17 heavy (non-hydrogen) atoms. The second-order valence-electron chi connectivity index (χ2n) is 4.11. The minimum absolute atomic E-state index is 0.217. The van der Waals surface area contributed by atoms with E-state index in [9.17, 15) is 0 Å². The fraction of sp³-hybridized carbons (Fsp3) is 0.214. The molecule has 1 atom stereocenters. The van der Waals surface area contributed by atoms with Gasteiger partial charge in [0.2, 0.25) is 0 Å². The molecule has 0 aliphatic heterocycles. The Morgan fingerprint density at radius 1 is 1.29 bits per heavy atom. The Hall–Kier alpha value is -1.54. The van der Waals surface area contributed by atoms with Crippen molar-refractivity contribution >= 4 is 17.3 Å². The maximum absolute atomic E-state index is 5.99. The zero-order chi connectivity index (χ0) is 12.3. The van der Waals surface area contributed by atoms with Crippen molar-refractivity contribution in [3.63, 3.8) is 0 Å². The second-order valence-corrected chi connectivity index (χ2v) is 4.55. The molecule has 2 rings (SSSR count). The number of rotatable bonds is 3. The van der Waals surface area contributed by atoms with Crippen LogP contribution in [0.4, 0.5) is 5.69 Å². The molecule has 0 radical (unpaired) electrons. The van der Waals surface area contributed by atoms with E-state index < -0.39 is 0 Å². The van der Waals surface area contributed by atoms with Crippen LogP contribution in [0.1, 0.15) is 24.1 Å². The monoisotopic (exact) mass is 246 g/mol. The summed E-state index contributed by atoms with van der Waals surface area (Å²) in [6.45, 7) is 4.16. The van der Waals surface area contributed by atoms with E-state index in [1.807, 2.05) is 37.4 Å². The first kappa shape index (κ1) is 11.9. The Morgan fingerprint density at radius 3 is 2.82 bits per heavy atom. The molecule has 1 aromatic heterocycles. The lowest BCUT2D eigenvalue weighted by atomic mass is 10.1. The normalized spacial score (nSPS) is 12.2. The van der Waals surface area contributed by atoms with Crippen LogP contribution in [-0.2, 0) is 0 Å². The number of pyridine rings is 1. The van der Waals surface area contributed by atoms with Crippen molar-refractivity contribution in [3.05, 3.63) is 58.9 Å². The third-order valence-electron chi connectivity index (χ3n) is 2.74. The zero-order valence-electron chi connectivity index (χ0n) is 9.94. The number of nitrogens with one attached hydrogen (secondary N) is 1. The number of aryl methyl sites for hydroxylation is 1. The van der Waals surface area contributed by atoms with Crippen LogP contribution in [0, 0.1) is 6.92 Å². The largest absolute Gasteiger partial charge is 0.378 e. The van der Waals surface area contributed by atoms with Crippen molar-refractivity contribution in [2.45, 2.75) is 19.9 Å². The van der Waals surface area contributed by atoms with Gasteiger partial charge in [0.25, 0.3) is 0 Å². The van der Waals surface area contributed by atoms with Crippen molar-refractivity contribution < 1.29 is 0 Å². The van der Waals surface area contributed by atoms with Gasteiger partial charge >= 0.3 is 0 Å². The fourth-order valence-electron chi connectivity index (χ4n) is 1.73. The van der Waals surface area contributed by atoms with Crippen molar-refractivity contribution in [2.24, 2.45) is 0 Å². The SMILES string of the molecule is Cc1cnccc1NC(C)c1cccc(Cl)c1. The fourth-order valence-corrected chi connectivity index (χ4v) is 1.93. The smallest absolute Gasteiger partial charge is 0.0486 e. The first-order valence-electron chi connectivity index (χ1n) is 5.59. The van der Waals surface area contributed by atoms with E-state index in [1.165, 1.54) is 5.56 Å². The average molecular weight is 247 g/mol. The predicted octanol–water partition coefficient (Wildman–Crippen LogP) is 4.22. The summed E-state index contributed by atoms with van der Waals surface area (Å²) in [6.07, 6.45) is 3.65.